The van der Waals surface area contributed by atoms with Gasteiger partial charge in [-0.2, -0.15) is 0 Å². The molecule has 5 nitrogen and oxygen atoms in total. The van der Waals surface area contributed by atoms with Crippen LogP contribution in [0.3, 0.4) is 0 Å². The van der Waals surface area contributed by atoms with Crippen molar-refractivity contribution < 1.29 is 19.0 Å². The molecule has 1 N–H and O–H groups in total. The minimum atomic E-state index is -0.168. The van der Waals surface area contributed by atoms with Crippen LogP contribution in [0.4, 0.5) is 0 Å². The van der Waals surface area contributed by atoms with E-state index in [1.54, 1.807) is 27.4 Å². The number of benzene rings is 2. The van der Waals surface area contributed by atoms with Crippen LogP contribution in [0.2, 0.25) is 0 Å². The Bertz CT molecular complexity index is 741. The van der Waals surface area contributed by atoms with Crippen molar-refractivity contribution in [3.63, 3.8) is 0 Å². The number of ether oxygens (including phenoxy) is 3. The van der Waals surface area contributed by atoms with Gasteiger partial charge in [0.1, 0.15) is 0 Å². The Morgan fingerprint density at radius 2 is 1.58 bits per heavy atom. The summed E-state index contributed by atoms with van der Waals surface area (Å²) in [6.07, 6.45) is 4.32. The molecule has 0 saturated carbocycles. The van der Waals surface area contributed by atoms with Gasteiger partial charge in [-0.05, 0) is 41.3 Å². The molecule has 1 amide bonds. The van der Waals surface area contributed by atoms with Gasteiger partial charge in [-0.25, -0.2) is 0 Å². The number of nitrogens with one attached hydrogen (secondary N) is 1. The van der Waals surface area contributed by atoms with E-state index < -0.39 is 0 Å². The third-order valence-electron chi connectivity index (χ3n) is 4.01. The molecule has 2 rings (SSSR count). The fraction of sp³-hybridized carbons (Fsp3) is 0.286. The lowest BCUT2D eigenvalue weighted by Gasteiger charge is -2.14. The summed E-state index contributed by atoms with van der Waals surface area (Å²) in [5, 5.41) is 2.85. The van der Waals surface area contributed by atoms with Crippen molar-refractivity contribution in [2.45, 2.75) is 19.9 Å². The lowest BCUT2D eigenvalue weighted by molar-refractivity contribution is -0.116. The molecule has 2 aromatic carbocycles. The van der Waals surface area contributed by atoms with E-state index in [9.17, 15) is 4.79 Å². The molecular weight excluding hydrogens is 330 g/mol. The van der Waals surface area contributed by atoms with E-state index >= 15 is 0 Å². The first kappa shape index (κ1) is 19.4. The van der Waals surface area contributed by atoms with Gasteiger partial charge < -0.3 is 19.5 Å². The number of amides is 1. The van der Waals surface area contributed by atoms with Crippen LogP contribution >= 0.6 is 0 Å². The zero-order valence-corrected chi connectivity index (χ0v) is 15.7. The lowest BCUT2D eigenvalue weighted by Crippen LogP contribution is -2.20. The molecule has 0 heterocycles. The van der Waals surface area contributed by atoms with Gasteiger partial charge >= 0.3 is 0 Å². The topological polar surface area (TPSA) is 56.8 Å². The molecule has 0 unspecified atom stereocenters. The molecule has 5 heteroatoms. The van der Waals surface area contributed by atoms with Gasteiger partial charge in [-0.1, -0.05) is 31.2 Å². The number of hydrogen-bond acceptors (Lipinski definition) is 4. The molecule has 138 valence electrons. The molecule has 0 atom stereocenters. The zero-order chi connectivity index (χ0) is 18.9. The molecule has 0 aliphatic carbocycles. The number of rotatable bonds is 8. The van der Waals surface area contributed by atoms with Gasteiger partial charge in [0.25, 0.3) is 0 Å². The lowest BCUT2D eigenvalue weighted by atomic mass is 10.1. The first-order valence-corrected chi connectivity index (χ1v) is 8.45. The second-order valence-corrected chi connectivity index (χ2v) is 5.68. The smallest absolute Gasteiger partial charge is 0.244 e. The molecular formula is C21H25NO4. The van der Waals surface area contributed by atoms with Crippen molar-refractivity contribution in [3.05, 3.63) is 59.2 Å². The Labute approximate surface area is 154 Å². The first-order chi connectivity index (χ1) is 12.6. The quantitative estimate of drug-likeness (QED) is 0.735. The van der Waals surface area contributed by atoms with Gasteiger partial charge in [0.2, 0.25) is 11.7 Å². The third kappa shape index (κ3) is 5.02. The zero-order valence-electron chi connectivity index (χ0n) is 15.7. The average molecular weight is 355 g/mol. The summed E-state index contributed by atoms with van der Waals surface area (Å²) in [6, 6.07) is 11.8. The number of carbonyl (C=O) groups is 1. The summed E-state index contributed by atoms with van der Waals surface area (Å²) < 4.78 is 15.9. The summed E-state index contributed by atoms with van der Waals surface area (Å²) >= 11 is 0. The maximum Gasteiger partial charge on any atom is 0.244 e. The highest BCUT2D eigenvalue weighted by Crippen LogP contribution is 2.38. The summed E-state index contributed by atoms with van der Waals surface area (Å²) in [5.74, 6) is 1.48. The second kappa shape index (κ2) is 9.51. The van der Waals surface area contributed by atoms with Crippen molar-refractivity contribution in [2.24, 2.45) is 0 Å². The summed E-state index contributed by atoms with van der Waals surface area (Å²) in [5.41, 5.74) is 3.12. The molecule has 0 bridgehead atoms. The summed E-state index contributed by atoms with van der Waals surface area (Å²) in [4.78, 5) is 12.1. The van der Waals surface area contributed by atoms with Crippen LogP contribution in [0, 0.1) is 0 Å². The molecule has 0 spiro atoms. The molecule has 0 aliphatic heterocycles. The van der Waals surface area contributed by atoms with E-state index in [1.807, 2.05) is 24.3 Å². The highest BCUT2D eigenvalue weighted by atomic mass is 16.5. The normalized spacial score (nSPS) is 10.6. The molecule has 2 aromatic rings. The van der Waals surface area contributed by atoms with Crippen LogP contribution in [0.15, 0.2) is 42.5 Å². The second-order valence-electron chi connectivity index (χ2n) is 5.68. The number of methoxy groups -OCH3 is 3. The van der Waals surface area contributed by atoms with E-state index in [0.29, 0.717) is 23.8 Å². The molecule has 0 radical (unpaired) electrons. The molecule has 0 fully saturated rings. The molecule has 0 aliphatic rings. The minimum absolute atomic E-state index is 0.168. The predicted octanol–water partition coefficient (Wildman–Crippen LogP) is 3.60. The first-order valence-electron chi connectivity index (χ1n) is 8.45. The van der Waals surface area contributed by atoms with E-state index in [0.717, 1.165) is 17.5 Å². The fourth-order valence-corrected chi connectivity index (χ4v) is 2.52. The monoisotopic (exact) mass is 355 g/mol. The number of hydrogen-bond donors (Lipinski definition) is 1. The standard InChI is InChI=1S/C21H25NO4/c1-5-15-6-8-16(9-7-15)10-11-20(23)22-14-17-12-18(24-2)21(26-4)19(13-17)25-3/h6-13H,5,14H2,1-4H3,(H,22,23)/b11-10+. The SMILES string of the molecule is CCc1ccc(/C=C/C(=O)NCc2cc(OC)c(OC)c(OC)c2)cc1. The van der Waals surface area contributed by atoms with Crippen molar-refractivity contribution in [1.29, 1.82) is 0 Å². The van der Waals surface area contributed by atoms with Gasteiger partial charge in [0.05, 0.1) is 21.3 Å². The Morgan fingerprint density at radius 1 is 0.962 bits per heavy atom. The van der Waals surface area contributed by atoms with Crippen molar-refractivity contribution in [3.8, 4) is 17.2 Å². The van der Waals surface area contributed by atoms with Crippen LogP contribution in [0.25, 0.3) is 6.08 Å². The number of carbonyl (C=O) groups excluding carboxylic acids is 1. The molecule has 0 saturated heterocycles. The predicted molar refractivity (Wildman–Crippen MR) is 103 cm³/mol. The van der Waals surface area contributed by atoms with Gasteiger partial charge in [-0.3, -0.25) is 4.79 Å². The average Bonchev–Trinajstić information content (AvgIpc) is 2.69. The van der Waals surface area contributed by atoms with E-state index in [1.165, 1.54) is 11.6 Å². The van der Waals surface area contributed by atoms with Crippen molar-refractivity contribution in [2.75, 3.05) is 21.3 Å². The Hall–Kier alpha value is -2.95. The van der Waals surface area contributed by atoms with E-state index in [-0.39, 0.29) is 5.91 Å². The van der Waals surface area contributed by atoms with Crippen LogP contribution < -0.4 is 19.5 Å². The highest BCUT2D eigenvalue weighted by Gasteiger charge is 2.13. The van der Waals surface area contributed by atoms with Gasteiger partial charge in [0, 0.05) is 12.6 Å². The molecule has 26 heavy (non-hydrogen) atoms. The van der Waals surface area contributed by atoms with Crippen LogP contribution in [0.5, 0.6) is 17.2 Å². The highest BCUT2D eigenvalue weighted by molar-refractivity contribution is 5.91. The maximum absolute atomic E-state index is 12.1. The van der Waals surface area contributed by atoms with Gasteiger partial charge in [0.15, 0.2) is 11.5 Å². The van der Waals surface area contributed by atoms with Crippen LogP contribution in [-0.2, 0) is 17.8 Å². The summed E-state index contributed by atoms with van der Waals surface area (Å²) in [6.45, 7) is 2.47. The minimum Gasteiger partial charge on any atom is -0.493 e. The van der Waals surface area contributed by atoms with Crippen LogP contribution in [0.1, 0.15) is 23.6 Å². The third-order valence-corrected chi connectivity index (χ3v) is 4.01. The Morgan fingerprint density at radius 3 is 2.08 bits per heavy atom. The van der Waals surface area contributed by atoms with Crippen molar-refractivity contribution >= 4 is 12.0 Å². The Balaban J connectivity index is 2.01. The van der Waals surface area contributed by atoms with E-state index in [4.69, 9.17) is 14.2 Å². The van der Waals surface area contributed by atoms with Crippen molar-refractivity contribution in [1.82, 2.24) is 5.32 Å². The number of aryl methyl sites for hydroxylation is 1. The summed E-state index contributed by atoms with van der Waals surface area (Å²) in [7, 11) is 4.68. The fourth-order valence-electron chi connectivity index (χ4n) is 2.52. The maximum atomic E-state index is 12.1. The van der Waals surface area contributed by atoms with Gasteiger partial charge in [-0.15, -0.1) is 0 Å². The van der Waals surface area contributed by atoms with Crippen LogP contribution in [-0.4, -0.2) is 27.2 Å². The Kier molecular flexibility index (Phi) is 7.09. The van der Waals surface area contributed by atoms with E-state index in [2.05, 4.69) is 24.4 Å². The largest absolute Gasteiger partial charge is 0.493 e. The molecule has 0 aromatic heterocycles.